The van der Waals surface area contributed by atoms with E-state index in [1.54, 1.807) is 14.0 Å². The molecule has 0 aromatic carbocycles. The second kappa shape index (κ2) is 4.93. The van der Waals surface area contributed by atoms with E-state index in [1.807, 2.05) is 0 Å². The van der Waals surface area contributed by atoms with Crippen LogP contribution in [0.2, 0.25) is 0 Å². The van der Waals surface area contributed by atoms with Crippen LogP contribution in [0.3, 0.4) is 0 Å². The Labute approximate surface area is 93.2 Å². The van der Waals surface area contributed by atoms with Crippen LogP contribution in [0.4, 0.5) is 18.0 Å². The second-order valence-electron chi connectivity index (χ2n) is 4.12. The molecule has 94 valence electrons. The fourth-order valence-corrected chi connectivity index (χ4v) is 1.79. The topological polar surface area (TPSA) is 23.6 Å². The van der Waals surface area contributed by atoms with Gasteiger partial charge < -0.3 is 9.80 Å². The number of urea groups is 1. The summed E-state index contributed by atoms with van der Waals surface area (Å²) in [5.74, 6) is -1.37. The highest BCUT2D eigenvalue weighted by molar-refractivity contribution is 5.74. The van der Waals surface area contributed by atoms with Gasteiger partial charge in [-0.1, -0.05) is 0 Å². The van der Waals surface area contributed by atoms with Gasteiger partial charge >= 0.3 is 12.2 Å². The van der Waals surface area contributed by atoms with Crippen LogP contribution in [0, 0.1) is 5.92 Å². The van der Waals surface area contributed by atoms with Gasteiger partial charge in [-0.15, -0.1) is 0 Å². The van der Waals surface area contributed by atoms with Crippen LogP contribution in [0.25, 0.3) is 0 Å². The van der Waals surface area contributed by atoms with Crippen LogP contribution >= 0.6 is 0 Å². The second-order valence-corrected chi connectivity index (χ2v) is 4.12. The van der Waals surface area contributed by atoms with Crippen molar-refractivity contribution in [2.45, 2.75) is 25.9 Å². The monoisotopic (exact) mass is 238 g/mol. The summed E-state index contributed by atoms with van der Waals surface area (Å²) in [6, 6.07) is -0.309. The van der Waals surface area contributed by atoms with Crippen molar-refractivity contribution in [2.24, 2.45) is 5.92 Å². The van der Waals surface area contributed by atoms with Crippen LogP contribution in [0.1, 0.15) is 19.8 Å². The van der Waals surface area contributed by atoms with Gasteiger partial charge in [0.25, 0.3) is 0 Å². The Bertz CT molecular complexity index is 255. The van der Waals surface area contributed by atoms with Crippen molar-refractivity contribution >= 4 is 6.03 Å². The summed E-state index contributed by atoms with van der Waals surface area (Å²) in [5.41, 5.74) is 0. The molecule has 1 aliphatic rings. The smallest absolute Gasteiger partial charge is 0.328 e. The molecule has 1 rings (SSSR count). The van der Waals surface area contributed by atoms with Crippen molar-refractivity contribution in [2.75, 3.05) is 26.7 Å². The lowest BCUT2D eigenvalue weighted by atomic mass is 9.98. The first-order valence-corrected chi connectivity index (χ1v) is 5.43. The molecule has 3 nitrogen and oxygen atoms in total. The van der Waals surface area contributed by atoms with Gasteiger partial charge in [-0.25, -0.2) is 4.79 Å². The van der Waals surface area contributed by atoms with E-state index < -0.39 is 12.1 Å². The third-order valence-electron chi connectivity index (χ3n) is 2.96. The van der Waals surface area contributed by atoms with Crippen molar-refractivity contribution in [1.29, 1.82) is 0 Å². The van der Waals surface area contributed by atoms with Gasteiger partial charge in [0.1, 0.15) is 0 Å². The Kier molecular flexibility index (Phi) is 4.04. The standard InChI is InChI=1S/C10H17F3N2O/c1-3-14(2)9(16)15-6-4-5-8(7-15)10(11,12)13/h8H,3-7H2,1-2H3. The number of hydrogen-bond donors (Lipinski definition) is 0. The lowest BCUT2D eigenvalue weighted by Gasteiger charge is -2.35. The Balaban J connectivity index is 2.60. The average molecular weight is 238 g/mol. The molecule has 0 radical (unpaired) electrons. The van der Waals surface area contributed by atoms with Crippen LogP contribution in [-0.4, -0.2) is 48.7 Å². The zero-order valence-electron chi connectivity index (χ0n) is 9.55. The number of hydrogen-bond acceptors (Lipinski definition) is 1. The zero-order valence-corrected chi connectivity index (χ0v) is 9.55. The first-order valence-electron chi connectivity index (χ1n) is 5.43. The number of halogens is 3. The molecule has 1 saturated heterocycles. The molecular weight excluding hydrogens is 221 g/mol. The van der Waals surface area contributed by atoms with Crippen molar-refractivity contribution in [3.63, 3.8) is 0 Å². The summed E-state index contributed by atoms with van der Waals surface area (Å²) in [5, 5.41) is 0. The van der Waals surface area contributed by atoms with Crippen LogP contribution in [0.15, 0.2) is 0 Å². The number of piperidine rings is 1. The van der Waals surface area contributed by atoms with Crippen molar-refractivity contribution in [3.8, 4) is 0 Å². The van der Waals surface area contributed by atoms with E-state index in [2.05, 4.69) is 0 Å². The molecule has 0 spiro atoms. The molecular formula is C10H17F3N2O. The molecule has 0 bridgehead atoms. The van der Waals surface area contributed by atoms with Gasteiger partial charge in [0, 0.05) is 26.7 Å². The Morgan fingerprint density at radius 2 is 2.12 bits per heavy atom. The molecule has 0 aromatic heterocycles. The average Bonchev–Trinajstić information content (AvgIpc) is 2.26. The molecule has 0 aromatic rings. The number of nitrogens with zero attached hydrogens (tertiary/aromatic N) is 2. The highest BCUT2D eigenvalue weighted by atomic mass is 19.4. The minimum absolute atomic E-state index is 0.128. The van der Waals surface area contributed by atoms with E-state index in [9.17, 15) is 18.0 Å². The van der Waals surface area contributed by atoms with Gasteiger partial charge in [0.2, 0.25) is 0 Å². The third-order valence-corrected chi connectivity index (χ3v) is 2.96. The van der Waals surface area contributed by atoms with E-state index in [4.69, 9.17) is 0 Å². The van der Waals surface area contributed by atoms with Gasteiger partial charge in [-0.05, 0) is 19.8 Å². The third kappa shape index (κ3) is 3.02. The van der Waals surface area contributed by atoms with Gasteiger partial charge in [-0.3, -0.25) is 0 Å². The van der Waals surface area contributed by atoms with Crippen molar-refractivity contribution in [1.82, 2.24) is 9.80 Å². The minimum atomic E-state index is -4.19. The maximum atomic E-state index is 12.5. The summed E-state index contributed by atoms with van der Waals surface area (Å²) in [4.78, 5) is 14.4. The maximum absolute atomic E-state index is 12.5. The summed E-state index contributed by atoms with van der Waals surface area (Å²) in [6.07, 6.45) is -3.64. The number of carbonyl (C=O) groups excluding carboxylic acids is 1. The Morgan fingerprint density at radius 3 is 2.62 bits per heavy atom. The maximum Gasteiger partial charge on any atom is 0.393 e. The molecule has 2 amide bonds. The van der Waals surface area contributed by atoms with E-state index >= 15 is 0 Å². The molecule has 6 heteroatoms. The predicted molar refractivity (Wildman–Crippen MR) is 54.1 cm³/mol. The van der Waals surface area contributed by atoms with Gasteiger partial charge in [-0.2, -0.15) is 13.2 Å². The molecule has 0 saturated carbocycles. The molecule has 1 aliphatic heterocycles. The molecule has 0 aliphatic carbocycles. The summed E-state index contributed by atoms with van der Waals surface area (Å²) >= 11 is 0. The lowest BCUT2D eigenvalue weighted by Crippen LogP contribution is -2.48. The molecule has 1 atom stereocenters. The quantitative estimate of drug-likeness (QED) is 0.687. The molecule has 0 N–H and O–H groups in total. The fraction of sp³-hybridized carbons (Fsp3) is 0.900. The number of alkyl halides is 3. The molecule has 16 heavy (non-hydrogen) atoms. The van der Waals surface area contributed by atoms with Gasteiger partial charge in [0.05, 0.1) is 5.92 Å². The van der Waals surface area contributed by atoms with E-state index in [0.29, 0.717) is 19.5 Å². The minimum Gasteiger partial charge on any atom is -0.328 e. The molecule has 1 fully saturated rings. The largest absolute Gasteiger partial charge is 0.393 e. The van der Waals surface area contributed by atoms with Crippen LogP contribution < -0.4 is 0 Å². The zero-order chi connectivity index (χ0) is 12.3. The summed E-state index contributed by atoms with van der Waals surface area (Å²) in [7, 11) is 1.60. The van der Waals surface area contributed by atoms with Crippen molar-refractivity contribution < 1.29 is 18.0 Å². The van der Waals surface area contributed by atoms with Gasteiger partial charge in [0.15, 0.2) is 0 Å². The number of rotatable bonds is 1. The highest BCUT2D eigenvalue weighted by Crippen LogP contribution is 2.33. The first-order chi connectivity index (χ1) is 7.36. The summed E-state index contributed by atoms with van der Waals surface area (Å²) < 4.78 is 37.5. The van der Waals surface area contributed by atoms with Crippen LogP contribution in [-0.2, 0) is 0 Å². The van der Waals surface area contributed by atoms with E-state index in [0.717, 1.165) is 0 Å². The summed E-state index contributed by atoms with van der Waals surface area (Å²) in [6.45, 7) is 2.53. The number of carbonyl (C=O) groups is 1. The lowest BCUT2D eigenvalue weighted by molar-refractivity contribution is -0.184. The fourth-order valence-electron chi connectivity index (χ4n) is 1.79. The Hall–Kier alpha value is -0.940. The van der Waals surface area contributed by atoms with E-state index in [-0.39, 0.29) is 19.0 Å². The van der Waals surface area contributed by atoms with Crippen LogP contribution in [0.5, 0.6) is 0 Å². The predicted octanol–water partition coefficient (Wildman–Crippen LogP) is 2.33. The SMILES string of the molecule is CCN(C)C(=O)N1CCCC(C(F)(F)F)C1. The van der Waals surface area contributed by atoms with Crippen molar-refractivity contribution in [3.05, 3.63) is 0 Å². The highest BCUT2D eigenvalue weighted by Gasteiger charge is 2.42. The molecule has 1 heterocycles. The molecule has 1 unspecified atom stereocenters. The number of likely N-dealkylation sites (tertiary alicyclic amines) is 1. The van der Waals surface area contributed by atoms with E-state index in [1.165, 1.54) is 9.80 Å². The first kappa shape index (κ1) is 13.1. The normalized spacial score (nSPS) is 22.1. The Morgan fingerprint density at radius 1 is 1.50 bits per heavy atom. The number of amides is 2.